The molecule has 1 aliphatic heterocycles. The number of rotatable bonds is 8. The van der Waals surface area contributed by atoms with Gasteiger partial charge in [-0.3, -0.25) is 14.6 Å². The molecule has 31 heavy (non-hydrogen) atoms. The van der Waals surface area contributed by atoms with E-state index in [9.17, 15) is 14.7 Å². The molecule has 0 radical (unpaired) electrons. The Morgan fingerprint density at radius 1 is 1.16 bits per heavy atom. The van der Waals surface area contributed by atoms with Gasteiger partial charge in [0, 0.05) is 34.0 Å². The molecule has 1 aliphatic rings. The van der Waals surface area contributed by atoms with E-state index in [0.717, 1.165) is 0 Å². The summed E-state index contributed by atoms with van der Waals surface area (Å²) in [5.74, 6) is -0.421. The fourth-order valence-corrected chi connectivity index (χ4v) is 4.09. The van der Waals surface area contributed by atoms with Crippen molar-refractivity contribution < 1.29 is 19.4 Å². The zero-order valence-electron chi connectivity index (χ0n) is 16.9. The standard InChI is InChI=1S/C22H25Cl2N3O4/c23-15-9-14(10-16(24)11-15)22(30)26-8-6-18-4-5-19(20(13-28)31-18)27-21(29)12-17-3-1-2-7-25-17/h1-3,7,9-11,18-20,28H,4-6,8,12-13H2,(H,26,30)(H,27,29)/t18-,19-,20+/m1/s1. The van der Waals surface area contributed by atoms with E-state index in [-0.39, 0.29) is 37.0 Å². The minimum Gasteiger partial charge on any atom is -0.394 e. The van der Waals surface area contributed by atoms with Gasteiger partial charge in [-0.25, -0.2) is 0 Å². The number of nitrogens with zero attached hydrogens (tertiary/aromatic N) is 1. The van der Waals surface area contributed by atoms with E-state index in [2.05, 4.69) is 15.6 Å². The summed E-state index contributed by atoms with van der Waals surface area (Å²) >= 11 is 11.9. The van der Waals surface area contributed by atoms with Gasteiger partial charge in [-0.1, -0.05) is 29.3 Å². The fourth-order valence-electron chi connectivity index (χ4n) is 3.57. The largest absolute Gasteiger partial charge is 0.394 e. The second-order valence-electron chi connectivity index (χ2n) is 7.43. The van der Waals surface area contributed by atoms with E-state index >= 15 is 0 Å². The van der Waals surface area contributed by atoms with E-state index in [1.807, 2.05) is 6.07 Å². The molecule has 3 N–H and O–H groups in total. The van der Waals surface area contributed by atoms with Crippen LogP contribution in [0.25, 0.3) is 0 Å². The lowest BCUT2D eigenvalue weighted by Gasteiger charge is -2.36. The zero-order valence-corrected chi connectivity index (χ0v) is 18.4. The number of aliphatic hydroxyl groups is 1. The van der Waals surface area contributed by atoms with Crippen molar-refractivity contribution >= 4 is 35.0 Å². The summed E-state index contributed by atoms with van der Waals surface area (Å²) in [6.07, 6.45) is 3.20. The van der Waals surface area contributed by atoms with E-state index in [4.69, 9.17) is 27.9 Å². The number of aliphatic hydroxyl groups excluding tert-OH is 1. The topological polar surface area (TPSA) is 101 Å². The van der Waals surface area contributed by atoms with Crippen LogP contribution in [0, 0.1) is 0 Å². The number of carbonyl (C=O) groups is 2. The van der Waals surface area contributed by atoms with Gasteiger partial charge in [0.05, 0.1) is 25.2 Å². The van der Waals surface area contributed by atoms with E-state index in [1.54, 1.807) is 36.5 Å². The molecule has 166 valence electrons. The Hall–Kier alpha value is -2.19. The summed E-state index contributed by atoms with van der Waals surface area (Å²) in [6.45, 7) is 0.209. The van der Waals surface area contributed by atoms with Crippen LogP contribution in [0.2, 0.25) is 10.0 Å². The van der Waals surface area contributed by atoms with Gasteiger partial charge in [0.15, 0.2) is 0 Å². The van der Waals surface area contributed by atoms with Crippen LogP contribution in [-0.4, -0.2) is 53.3 Å². The number of halogens is 2. The minimum atomic E-state index is -0.492. The lowest BCUT2D eigenvalue weighted by atomic mass is 9.97. The number of carbonyl (C=O) groups excluding carboxylic acids is 2. The monoisotopic (exact) mass is 465 g/mol. The van der Waals surface area contributed by atoms with Crippen LogP contribution in [0.3, 0.4) is 0 Å². The number of pyridine rings is 1. The van der Waals surface area contributed by atoms with Crippen molar-refractivity contribution in [3.8, 4) is 0 Å². The molecular weight excluding hydrogens is 441 g/mol. The maximum absolute atomic E-state index is 12.3. The summed E-state index contributed by atoms with van der Waals surface area (Å²) in [6, 6.07) is 9.84. The van der Waals surface area contributed by atoms with E-state index < -0.39 is 6.10 Å². The molecule has 0 bridgehead atoms. The first kappa shape index (κ1) is 23.5. The Kier molecular flexibility index (Phi) is 8.66. The van der Waals surface area contributed by atoms with Crippen molar-refractivity contribution in [2.24, 2.45) is 0 Å². The van der Waals surface area contributed by atoms with Crippen molar-refractivity contribution in [3.05, 3.63) is 63.9 Å². The Morgan fingerprint density at radius 2 is 1.94 bits per heavy atom. The predicted molar refractivity (Wildman–Crippen MR) is 118 cm³/mol. The van der Waals surface area contributed by atoms with Crippen LogP contribution in [0.4, 0.5) is 0 Å². The Bertz CT molecular complexity index is 877. The maximum Gasteiger partial charge on any atom is 0.251 e. The summed E-state index contributed by atoms with van der Waals surface area (Å²) < 4.78 is 5.95. The number of nitrogens with one attached hydrogen (secondary N) is 2. The quantitative estimate of drug-likeness (QED) is 0.556. The second kappa shape index (κ2) is 11.4. The molecule has 0 saturated carbocycles. The molecule has 3 atom stereocenters. The second-order valence-corrected chi connectivity index (χ2v) is 8.30. The summed E-state index contributed by atoms with van der Waals surface area (Å²) in [4.78, 5) is 28.7. The van der Waals surface area contributed by atoms with E-state index in [1.165, 1.54) is 0 Å². The summed E-state index contributed by atoms with van der Waals surface area (Å²) in [5, 5.41) is 16.3. The number of aromatic nitrogens is 1. The Labute approximate surface area is 191 Å². The van der Waals surface area contributed by atoms with Crippen molar-refractivity contribution in [1.29, 1.82) is 0 Å². The van der Waals surface area contributed by atoms with Crippen LogP contribution < -0.4 is 10.6 Å². The molecule has 1 fully saturated rings. The third-order valence-corrected chi connectivity index (χ3v) is 5.52. The minimum absolute atomic E-state index is 0.121. The normalized spacial score (nSPS) is 20.8. The molecule has 9 heteroatoms. The lowest BCUT2D eigenvalue weighted by molar-refractivity contribution is -0.127. The van der Waals surface area contributed by atoms with Crippen LogP contribution in [0.5, 0.6) is 0 Å². The average Bonchev–Trinajstić information content (AvgIpc) is 2.74. The zero-order chi connectivity index (χ0) is 22.2. The number of hydrogen-bond acceptors (Lipinski definition) is 5. The molecule has 2 amide bonds. The Balaban J connectivity index is 1.43. The molecule has 0 spiro atoms. The highest BCUT2D eigenvalue weighted by atomic mass is 35.5. The van der Waals surface area contributed by atoms with Crippen molar-refractivity contribution in [1.82, 2.24) is 15.6 Å². The van der Waals surface area contributed by atoms with Gasteiger partial charge >= 0.3 is 0 Å². The average molecular weight is 466 g/mol. The number of benzene rings is 1. The molecule has 0 unspecified atom stereocenters. The van der Waals surface area contributed by atoms with Gasteiger partial charge in [0.1, 0.15) is 6.10 Å². The maximum atomic E-state index is 12.3. The molecular formula is C22H25Cl2N3O4. The van der Waals surface area contributed by atoms with Crippen LogP contribution >= 0.6 is 23.2 Å². The molecule has 1 aromatic carbocycles. The molecule has 1 saturated heterocycles. The molecule has 3 rings (SSSR count). The first-order valence-corrected chi connectivity index (χ1v) is 10.9. The molecule has 0 aliphatic carbocycles. The van der Waals surface area contributed by atoms with Gasteiger partial charge in [-0.05, 0) is 49.6 Å². The van der Waals surface area contributed by atoms with Gasteiger partial charge in [0.25, 0.3) is 5.91 Å². The Morgan fingerprint density at radius 3 is 2.61 bits per heavy atom. The van der Waals surface area contributed by atoms with E-state index in [0.29, 0.717) is 47.1 Å². The highest BCUT2D eigenvalue weighted by Crippen LogP contribution is 2.22. The summed E-state index contributed by atoms with van der Waals surface area (Å²) in [7, 11) is 0. The van der Waals surface area contributed by atoms with Crippen LogP contribution in [0.15, 0.2) is 42.6 Å². The SMILES string of the molecule is O=C(Cc1ccccn1)N[C@@H]1CC[C@H](CCNC(=O)c2cc(Cl)cc(Cl)c2)O[C@H]1CO. The predicted octanol–water partition coefficient (Wildman–Crippen LogP) is 2.78. The third kappa shape index (κ3) is 7.18. The fraction of sp³-hybridized carbons (Fsp3) is 0.409. The van der Waals surface area contributed by atoms with Crippen molar-refractivity contribution in [2.75, 3.05) is 13.2 Å². The van der Waals surface area contributed by atoms with Crippen LogP contribution in [0.1, 0.15) is 35.3 Å². The number of amides is 2. The lowest BCUT2D eigenvalue weighted by Crippen LogP contribution is -2.51. The first-order valence-electron chi connectivity index (χ1n) is 10.1. The molecule has 1 aromatic heterocycles. The highest BCUT2D eigenvalue weighted by molar-refractivity contribution is 6.35. The van der Waals surface area contributed by atoms with Gasteiger partial charge in [0.2, 0.25) is 5.91 Å². The number of ether oxygens (including phenoxy) is 1. The van der Waals surface area contributed by atoms with Gasteiger partial charge < -0.3 is 20.5 Å². The molecule has 7 nitrogen and oxygen atoms in total. The van der Waals surface area contributed by atoms with Gasteiger partial charge in [-0.2, -0.15) is 0 Å². The van der Waals surface area contributed by atoms with Crippen molar-refractivity contribution in [2.45, 2.75) is 43.9 Å². The summed E-state index contributed by atoms with van der Waals surface area (Å²) in [5.41, 5.74) is 1.08. The van der Waals surface area contributed by atoms with Crippen LogP contribution in [-0.2, 0) is 16.0 Å². The van der Waals surface area contributed by atoms with Gasteiger partial charge in [-0.15, -0.1) is 0 Å². The van der Waals surface area contributed by atoms with Crippen molar-refractivity contribution in [3.63, 3.8) is 0 Å². The molecule has 2 heterocycles. The third-order valence-electron chi connectivity index (χ3n) is 5.09. The first-order chi connectivity index (χ1) is 14.9. The number of hydrogen-bond donors (Lipinski definition) is 3. The molecule has 2 aromatic rings. The smallest absolute Gasteiger partial charge is 0.251 e. The highest BCUT2D eigenvalue weighted by Gasteiger charge is 2.31.